The average Bonchev–Trinajstić information content (AvgIpc) is 2.82. The summed E-state index contributed by atoms with van der Waals surface area (Å²) in [4.78, 5) is 16.6. The molecule has 2 N–H and O–H groups in total. The second-order valence-electron chi connectivity index (χ2n) is 9.39. The molecule has 2 aromatic carbocycles. The van der Waals surface area contributed by atoms with Crippen molar-refractivity contribution >= 4 is 38.6 Å². The number of carbonyl (C=O) groups is 1. The number of rotatable bonds is 11. The van der Waals surface area contributed by atoms with Gasteiger partial charge in [0.05, 0.1) is 19.2 Å². The molecular weight excluding hydrogens is 510 g/mol. The minimum absolute atomic E-state index is 0.176. The first kappa shape index (κ1) is 26.6. The minimum Gasteiger partial charge on any atom is -0.493 e. The van der Waals surface area contributed by atoms with Gasteiger partial charge < -0.3 is 24.8 Å². The van der Waals surface area contributed by atoms with Gasteiger partial charge in [0.25, 0.3) is 0 Å². The van der Waals surface area contributed by atoms with E-state index in [-0.39, 0.29) is 11.4 Å². The molecule has 7 nitrogen and oxygen atoms in total. The van der Waals surface area contributed by atoms with E-state index in [1.165, 1.54) is 0 Å². The van der Waals surface area contributed by atoms with E-state index in [0.717, 1.165) is 35.5 Å². The number of methoxy groups -OCH3 is 1. The lowest BCUT2D eigenvalue weighted by atomic mass is 9.92. The first-order chi connectivity index (χ1) is 16.8. The molecular formula is C27H34BrN3O4. The van der Waals surface area contributed by atoms with Gasteiger partial charge in [-0.25, -0.2) is 4.79 Å². The fraction of sp³-hybridized carbons (Fsp3) is 0.407. The number of fused-ring (bicyclic) bond motifs is 1. The largest absolute Gasteiger partial charge is 0.493 e. The highest BCUT2D eigenvalue weighted by Crippen LogP contribution is 2.37. The van der Waals surface area contributed by atoms with Gasteiger partial charge in [-0.15, -0.1) is 0 Å². The average molecular weight is 544 g/mol. The highest BCUT2D eigenvalue weighted by Gasteiger charge is 2.13. The van der Waals surface area contributed by atoms with Crippen LogP contribution in [0.3, 0.4) is 0 Å². The molecule has 35 heavy (non-hydrogen) atoms. The van der Waals surface area contributed by atoms with Crippen molar-refractivity contribution in [3.05, 3.63) is 48.7 Å². The van der Waals surface area contributed by atoms with E-state index >= 15 is 0 Å². The SMILES string of the molecule is COc1cc2c(Oc3ccc(NC(=O)NCCC(C)(C)C)cc3)ccnc2cc1OCCCCBr. The Morgan fingerprint density at radius 3 is 2.49 bits per heavy atom. The van der Waals surface area contributed by atoms with Crippen LogP contribution in [0.2, 0.25) is 0 Å². The third-order valence-corrected chi connectivity index (χ3v) is 5.83. The fourth-order valence-electron chi connectivity index (χ4n) is 3.33. The number of carbonyl (C=O) groups excluding carboxylic acids is 1. The molecule has 0 aliphatic carbocycles. The molecule has 0 fully saturated rings. The minimum atomic E-state index is -0.222. The summed E-state index contributed by atoms with van der Waals surface area (Å²) in [5, 5.41) is 7.50. The Morgan fingerprint density at radius 1 is 1.03 bits per heavy atom. The van der Waals surface area contributed by atoms with E-state index in [9.17, 15) is 4.79 Å². The number of benzene rings is 2. The maximum Gasteiger partial charge on any atom is 0.319 e. The predicted octanol–water partition coefficient (Wildman–Crippen LogP) is 7.15. The Bertz CT molecular complexity index is 1110. The molecule has 3 aromatic rings. The van der Waals surface area contributed by atoms with Gasteiger partial charge in [0.15, 0.2) is 11.5 Å². The zero-order valence-electron chi connectivity index (χ0n) is 20.8. The van der Waals surface area contributed by atoms with Gasteiger partial charge in [0, 0.05) is 35.2 Å². The zero-order valence-corrected chi connectivity index (χ0v) is 22.4. The van der Waals surface area contributed by atoms with Crippen LogP contribution in [-0.2, 0) is 0 Å². The molecule has 0 aliphatic heterocycles. The molecule has 1 aromatic heterocycles. The molecule has 0 unspecified atom stereocenters. The highest BCUT2D eigenvalue weighted by molar-refractivity contribution is 9.09. The molecule has 0 saturated carbocycles. The fourth-order valence-corrected chi connectivity index (χ4v) is 3.72. The van der Waals surface area contributed by atoms with Gasteiger partial charge in [-0.2, -0.15) is 0 Å². The van der Waals surface area contributed by atoms with Crippen molar-refractivity contribution in [2.24, 2.45) is 5.41 Å². The summed E-state index contributed by atoms with van der Waals surface area (Å²) in [5.74, 6) is 2.59. The Kier molecular flexibility index (Phi) is 9.60. The number of anilines is 1. The van der Waals surface area contributed by atoms with Crippen LogP contribution in [-0.4, -0.2) is 36.6 Å². The lowest BCUT2D eigenvalue weighted by Gasteiger charge is -2.18. The lowest BCUT2D eigenvalue weighted by Crippen LogP contribution is -2.31. The van der Waals surface area contributed by atoms with Gasteiger partial charge in [0.2, 0.25) is 0 Å². The molecule has 3 rings (SSSR count). The van der Waals surface area contributed by atoms with Gasteiger partial charge in [-0.1, -0.05) is 36.7 Å². The van der Waals surface area contributed by atoms with Crippen molar-refractivity contribution in [3.8, 4) is 23.0 Å². The van der Waals surface area contributed by atoms with Crippen LogP contribution in [0.15, 0.2) is 48.7 Å². The van der Waals surface area contributed by atoms with Crippen molar-refractivity contribution in [1.82, 2.24) is 10.3 Å². The van der Waals surface area contributed by atoms with Crippen LogP contribution in [0.25, 0.3) is 10.9 Å². The molecule has 188 valence electrons. The smallest absolute Gasteiger partial charge is 0.319 e. The second kappa shape index (κ2) is 12.6. The predicted molar refractivity (Wildman–Crippen MR) is 144 cm³/mol. The summed E-state index contributed by atoms with van der Waals surface area (Å²) in [6.45, 7) is 7.67. The molecule has 0 bridgehead atoms. The number of alkyl halides is 1. The number of amides is 2. The molecule has 8 heteroatoms. The van der Waals surface area contributed by atoms with Crippen molar-refractivity contribution in [3.63, 3.8) is 0 Å². The molecule has 1 heterocycles. The maximum absolute atomic E-state index is 12.1. The van der Waals surface area contributed by atoms with Gasteiger partial charge in [-0.3, -0.25) is 4.98 Å². The van der Waals surface area contributed by atoms with E-state index in [1.807, 2.05) is 42.5 Å². The van der Waals surface area contributed by atoms with Crippen molar-refractivity contribution in [2.75, 3.05) is 30.9 Å². The van der Waals surface area contributed by atoms with E-state index in [4.69, 9.17) is 14.2 Å². The van der Waals surface area contributed by atoms with Crippen LogP contribution < -0.4 is 24.8 Å². The van der Waals surface area contributed by atoms with Crippen LogP contribution >= 0.6 is 15.9 Å². The maximum atomic E-state index is 12.1. The normalized spacial score (nSPS) is 11.2. The van der Waals surface area contributed by atoms with E-state index < -0.39 is 0 Å². The number of hydrogen-bond acceptors (Lipinski definition) is 5. The number of nitrogens with one attached hydrogen (secondary N) is 2. The summed E-state index contributed by atoms with van der Waals surface area (Å²) < 4.78 is 17.6. The van der Waals surface area contributed by atoms with Crippen LogP contribution in [0, 0.1) is 5.41 Å². The molecule has 0 aliphatic rings. The number of unbranched alkanes of at least 4 members (excludes halogenated alkanes) is 1. The first-order valence-electron chi connectivity index (χ1n) is 11.8. The zero-order chi connectivity index (χ0) is 25.3. The quantitative estimate of drug-likeness (QED) is 0.198. The number of halogens is 1. The summed E-state index contributed by atoms with van der Waals surface area (Å²) in [6, 6.07) is 12.6. The number of pyridine rings is 1. The number of nitrogens with zero attached hydrogens (tertiary/aromatic N) is 1. The molecule has 0 atom stereocenters. The van der Waals surface area contributed by atoms with E-state index in [1.54, 1.807) is 13.3 Å². The number of ether oxygens (including phenoxy) is 3. The number of urea groups is 1. The van der Waals surface area contributed by atoms with Gasteiger partial charge >= 0.3 is 6.03 Å². The lowest BCUT2D eigenvalue weighted by molar-refractivity contribution is 0.250. The standard InChI is InChI=1S/C27H34BrN3O4/c1-27(2,3)12-15-30-26(32)31-19-7-9-20(10-8-19)35-23-11-14-29-22-18-25(34-16-6-5-13-28)24(33-4)17-21(22)23/h7-11,14,17-18H,5-6,12-13,15-16H2,1-4H3,(H2,30,31,32). The van der Waals surface area contributed by atoms with Gasteiger partial charge in [0.1, 0.15) is 11.5 Å². The summed E-state index contributed by atoms with van der Waals surface area (Å²) in [7, 11) is 1.62. The van der Waals surface area contributed by atoms with Crippen molar-refractivity contribution in [2.45, 2.75) is 40.0 Å². The van der Waals surface area contributed by atoms with E-state index in [2.05, 4.69) is 52.3 Å². The Labute approximate surface area is 215 Å². The molecule has 0 saturated heterocycles. The Morgan fingerprint density at radius 2 is 1.80 bits per heavy atom. The second-order valence-corrected chi connectivity index (χ2v) is 10.2. The topological polar surface area (TPSA) is 81.7 Å². The van der Waals surface area contributed by atoms with Gasteiger partial charge in [-0.05, 0) is 61.1 Å². The Hall–Kier alpha value is -3.00. The number of aromatic nitrogens is 1. The third-order valence-electron chi connectivity index (χ3n) is 5.27. The molecule has 2 amide bonds. The third kappa shape index (κ3) is 8.31. The monoisotopic (exact) mass is 543 g/mol. The molecule has 0 spiro atoms. The number of hydrogen-bond donors (Lipinski definition) is 2. The summed E-state index contributed by atoms with van der Waals surface area (Å²) >= 11 is 3.44. The first-order valence-corrected chi connectivity index (χ1v) is 12.9. The van der Waals surface area contributed by atoms with Crippen molar-refractivity contribution in [1.29, 1.82) is 0 Å². The Balaban J connectivity index is 1.67. The van der Waals surface area contributed by atoms with Crippen LogP contribution in [0.1, 0.15) is 40.0 Å². The van der Waals surface area contributed by atoms with Crippen LogP contribution in [0.5, 0.6) is 23.0 Å². The summed E-state index contributed by atoms with van der Waals surface area (Å²) in [5.41, 5.74) is 1.62. The highest BCUT2D eigenvalue weighted by atomic mass is 79.9. The van der Waals surface area contributed by atoms with Crippen LogP contribution in [0.4, 0.5) is 10.5 Å². The molecule has 0 radical (unpaired) electrons. The van der Waals surface area contributed by atoms with E-state index in [0.29, 0.717) is 41.8 Å². The summed E-state index contributed by atoms with van der Waals surface area (Å²) in [6.07, 6.45) is 4.61. The van der Waals surface area contributed by atoms with Crippen molar-refractivity contribution < 1.29 is 19.0 Å².